The molecule has 3 rings (SSSR count). The van der Waals surface area contributed by atoms with E-state index in [9.17, 15) is 4.39 Å². The predicted molar refractivity (Wildman–Crippen MR) is 84.7 cm³/mol. The van der Waals surface area contributed by atoms with Gasteiger partial charge in [0.2, 0.25) is 0 Å². The summed E-state index contributed by atoms with van der Waals surface area (Å²) >= 11 is 5.94. The maximum Gasteiger partial charge on any atom is 0.146 e. The number of hydrogen-bond donors (Lipinski definition) is 1. The van der Waals surface area contributed by atoms with Crippen LogP contribution < -0.4 is 5.32 Å². The second kappa shape index (κ2) is 6.83. The second-order valence-electron chi connectivity index (χ2n) is 6.34. The van der Waals surface area contributed by atoms with Crippen molar-refractivity contribution in [3.05, 3.63) is 34.6 Å². The fraction of sp³-hybridized carbons (Fsp3) is 0.647. The van der Waals surface area contributed by atoms with E-state index in [0.29, 0.717) is 18.0 Å². The topological polar surface area (TPSA) is 30.5 Å². The van der Waals surface area contributed by atoms with Crippen LogP contribution in [0.25, 0.3) is 0 Å². The lowest BCUT2D eigenvalue weighted by atomic mass is 9.92. The Hall–Kier alpha value is -0.680. The van der Waals surface area contributed by atoms with Gasteiger partial charge in [0.05, 0.1) is 10.6 Å². The molecule has 1 N–H and O–H groups in total. The predicted octanol–water partition coefficient (Wildman–Crippen LogP) is 3.72. The number of ether oxygens (including phenoxy) is 2. The van der Waals surface area contributed by atoms with Crippen molar-refractivity contribution < 1.29 is 13.9 Å². The first-order chi connectivity index (χ1) is 10.7. The Bertz CT molecular complexity index is 515. The molecule has 1 saturated heterocycles. The molecule has 2 aliphatic rings. The first-order valence-corrected chi connectivity index (χ1v) is 8.33. The molecule has 0 aromatic heterocycles. The Labute approximate surface area is 136 Å². The Morgan fingerprint density at radius 2 is 2.14 bits per heavy atom. The van der Waals surface area contributed by atoms with Crippen molar-refractivity contribution in [3.63, 3.8) is 0 Å². The van der Waals surface area contributed by atoms with E-state index in [-0.39, 0.29) is 22.5 Å². The number of hydrogen-bond acceptors (Lipinski definition) is 3. The van der Waals surface area contributed by atoms with Crippen molar-refractivity contribution >= 4 is 11.6 Å². The van der Waals surface area contributed by atoms with Gasteiger partial charge in [0.1, 0.15) is 5.82 Å². The third-order valence-electron chi connectivity index (χ3n) is 4.89. The van der Waals surface area contributed by atoms with Crippen molar-refractivity contribution in [2.45, 2.75) is 37.3 Å². The maximum atomic E-state index is 14.4. The zero-order valence-electron chi connectivity index (χ0n) is 12.9. The van der Waals surface area contributed by atoms with Crippen molar-refractivity contribution in [3.8, 4) is 0 Å². The molecule has 0 spiro atoms. The molecule has 0 unspecified atom stereocenters. The van der Waals surface area contributed by atoms with Crippen LogP contribution in [-0.4, -0.2) is 32.5 Å². The van der Waals surface area contributed by atoms with Crippen LogP contribution in [0.4, 0.5) is 4.39 Å². The molecule has 122 valence electrons. The molecule has 3 nitrogen and oxygen atoms in total. The molecule has 1 saturated carbocycles. The molecule has 0 radical (unpaired) electrons. The van der Waals surface area contributed by atoms with E-state index in [1.165, 1.54) is 0 Å². The van der Waals surface area contributed by atoms with Crippen LogP contribution in [0.15, 0.2) is 18.2 Å². The van der Waals surface area contributed by atoms with E-state index in [4.69, 9.17) is 21.1 Å². The van der Waals surface area contributed by atoms with E-state index in [2.05, 4.69) is 5.32 Å². The quantitative estimate of drug-likeness (QED) is 0.864. The SMILES string of the molecule is COC1(CN[C@H](c2cccc(Cl)c2F)C2CC2)CCOCC1. The molecule has 1 aliphatic heterocycles. The minimum Gasteiger partial charge on any atom is -0.381 e. The second-order valence-corrected chi connectivity index (χ2v) is 6.75. The minimum atomic E-state index is -0.299. The number of rotatable bonds is 6. The van der Waals surface area contributed by atoms with Gasteiger partial charge < -0.3 is 14.8 Å². The van der Waals surface area contributed by atoms with Crippen LogP contribution >= 0.6 is 11.6 Å². The summed E-state index contributed by atoms with van der Waals surface area (Å²) in [5.41, 5.74) is 0.466. The van der Waals surface area contributed by atoms with E-state index in [1.807, 2.05) is 12.1 Å². The molecule has 22 heavy (non-hydrogen) atoms. The third-order valence-corrected chi connectivity index (χ3v) is 5.18. The molecular weight excluding hydrogens is 305 g/mol. The highest BCUT2D eigenvalue weighted by Gasteiger charge is 2.38. The van der Waals surface area contributed by atoms with Crippen LogP contribution in [0, 0.1) is 11.7 Å². The minimum absolute atomic E-state index is 0.00794. The van der Waals surface area contributed by atoms with Gasteiger partial charge in [-0.1, -0.05) is 23.7 Å². The average Bonchev–Trinajstić information content (AvgIpc) is 3.37. The summed E-state index contributed by atoms with van der Waals surface area (Å²) in [4.78, 5) is 0. The Morgan fingerprint density at radius 3 is 2.77 bits per heavy atom. The molecular formula is C17H23ClFNO2. The molecule has 5 heteroatoms. The summed E-state index contributed by atoms with van der Waals surface area (Å²) in [6, 6.07) is 5.26. The lowest BCUT2D eigenvalue weighted by Crippen LogP contribution is -2.47. The number of nitrogens with one attached hydrogen (secondary N) is 1. The summed E-state index contributed by atoms with van der Waals surface area (Å²) in [7, 11) is 1.75. The zero-order chi connectivity index (χ0) is 15.6. The highest BCUT2D eigenvalue weighted by molar-refractivity contribution is 6.30. The smallest absolute Gasteiger partial charge is 0.146 e. The van der Waals surface area contributed by atoms with E-state index >= 15 is 0 Å². The molecule has 1 heterocycles. The molecule has 2 fully saturated rings. The molecule has 0 amide bonds. The summed E-state index contributed by atoms with van der Waals surface area (Å²) in [6.07, 6.45) is 4.00. The van der Waals surface area contributed by atoms with Crippen LogP contribution in [0.1, 0.15) is 37.3 Å². The first-order valence-electron chi connectivity index (χ1n) is 7.95. The normalized spacial score (nSPS) is 22.5. The standard InChI is InChI=1S/C17H23ClFNO2/c1-21-17(7-9-22-10-8-17)11-20-16(12-5-6-12)13-3-2-4-14(18)15(13)19/h2-4,12,16,20H,5-11H2,1H3/t16-/m0/s1. The molecule has 1 aromatic rings. The van der Waals surface area contributed by atoms with Gasteiger partial charge in [-0.2, -0.15) is 0 Å². The lowest BCUT2D eigenvalue weighted by Gasteiger charge is -2.37. The Morgan fingerprint density at radius 1 is 1.41 bits per heavy atom. The first kappa shape index (κ1) is 16.2. The molecule has 1 aliphatic carbocycles. The van der Waals surface area contributed by atoms with Crippen LogP contribution in [0.3, 0.4) is 0 Å². The Kier molecular flexibility index (Phi) is 5.03. The van der Waals surface area contributed by atoms with Crippen molar-refractivity contribution in [2.24, 2.45) is 5.92 Å². The average molecular weight is 328 g/mol. The van der Waals surface area contributed by atoms with Crippen molar-refractivity contribution in [1.82, 2.24) is 5.32 Å². The number of halogens is 2. The zero-order valence-corrected chi connectivity index (χ0v) is 13.7. The summed E-state index contributed by atoms with van der Waals surface area (Å²) < 4.78 is 25.5. The van der Waals surface area contributed by atoms with E-state index < -0.39 is 0 Å². The van der Waals surface area contributed by atoms with Gasteiger partial charge in [0.25, 0.3) is 0 Å². The third kappa shape index (κ3) is 3.46. The van der Waals surface area contributed by atoms with Gasteiger partial charge in [0.15, 0.2) is 0 Å². The van der Waals surface area contributed by atoms with Gasteiger partial charge in [-0.15, -0.1) is 0 Å². The largest absolute Gasteiger partial charge is 0.381 e. The Balaban J connectivity index is 1.73. The summed E-state index contributed by atoms with van der Waals surface area (Å²) in [5.74, 6) is 0.189. The summed E-state index contributed by atoms with van der Waals surface area (Å²) in [5, 5.41) is 3.74. The van der Waals surface area contributed by atoms with Crippen molar-refractivity contribution in [2.75, 3.05) is 26.9 Å². The maximum absolute atomic E-state index is 14.4. The van der Waals surface area contributed by atoms with Crippen molar-refractivity contribution in [1.29, 1.82) is 0 Å². The van der Waals surface area contributed by atoms with E-state index in [0.717, 1.165) is 38.9 Å². The van der Waals surface area contributed by atoms with Gasteiger partial charge >= 0.3 is 0 Å². The number of benzene rings is 1. The van der Waals surface area contributed by atoms with E-state index in [1.54, 1.807) is 13.2 Å². The monoisotopic (exact) mass is 327 g/mol. The van der Waals surface area contributed by atoms with Gasteiger partial charge in [-0.05, 0) is 24.8 Å². The highest BCUT2D eigenvalue weighted by Crippen LogP contribution is 2.43. The van der Waals surface area contributed by atoms with Crippen LogP contribution in [-0.2, 0) is 9.47 Å². The highest BCUT2D eigenvalue weighted by atomic mass is 35.5. The van der Waals surface area contributed by atoms with Crippen LogP contribution in [0.5, 0.6) is 0 Å². The van der Waals surface area contributed by atoms with Gasteiger partial charge in [-0.25, -0.2) is 4.39 Å². The van der Waals surface area contributed by atoms with Gasteiger partial charge in [-0.3, -0.25) is 0 Å². The van der Waals surface area contributed by atoms with Crippen LogP contribution in [0.2, 0.25) is 5.02 Å². The molecule has 0 bridgehead atoms. The molecule has 1 atom stereocenters. The fourth-order valence-corrected chi connectivity index (χ4v) is 3.40. The molecule has 1 aromatic carbocycles. The number of methoxy groups -OCH3 is 1. The van der Waals surface area contributed by atoms with Gasteiger partial charge in [0, 0.05) is 51.3 Å². The lowest BCUT2D eigenvalue weighted by molar-refractivity contribution is -0.0889. The fourth-order valence-electron chi connectivity index (χ4n) is 3.21. The summed E-state index contributed by atoms with van der Waals surface area (Å²) in [6.45, 7) is 2.14.